The highest BCUT2D eigenvalue weighted by molar-refractivity contribution is 5.52. The second-order valence-electron chi connectivity index (χ2n) is 6.23. The van der Waals surface area contributed by atoms with Crippen LogP contribution in [-0.4, -0.2) is 21.5 Å². The normalized spacial score (nSPS) is 13.4. The zero-order valence-electron chi connectivity index (χ0n) is 14.2. The van der Waals surface area contributed by atoms with E-state index in [1.54, 1.807) is 4.80 Å². The molecule has 3 aromatic rings. The highest BCUT2D eigenvalue weighted by Crippen LogP contribution is 2.25. The van der Waals surface area contributed by atoms with E-state index in [4.69, 9.17) is 0 Å². The Hall–Kier alpha value is -3.13. The van der Waals surface area contributed by atoms with Crippen LogP contribution >= 0.6 is 0 Å². The molecule has 2 aromatic carbocycles. The van der Waals surface area contributed by atoms with Crippen molar-refractivity contribution in [3.8, 4) is 11.8 Å². The Bertz CT molecular complexity index is 933. The van der Waals surface area contributed by atoms with Crippen molar-refractivity contribution in [3.05, 3.63) is 70.9 Å². The maximum Gasteiger partial charge on any atom is 0.207 e. The Morgan fingerprint density at radius 2 is 1.80 bits per heavy atom. The van der Waals surface area contributed by atoms with Crippen LogP contribution in [0.25, 0.3) is 5.69 Å². The molecule has 1 aromatic heterocycles. The number of nitrogens with zero attached hydrogens (tertiary/aromatic N) is 5. The minimum atomic E-state index is 0.374. The first-order chi connectivity index (χ1) is 12.3. The molecular formula is C20H19N5. The minimum Gasteiger partial charge on any atom is -0.348 e. The van der Waals surface area contributed by atoms with Crippen LogP contribution in [0.4, 0.5) is 5.82 Å². The van der Waals surface area contributed by atoms with Crippen LogP contribution in [0.15, 0.2) is 48.5 Å². The molecule has 1 aliphatic heterocycles. The van der Waals surface area contributed by atoms with Crippen molar-refractivity contribution in [1.82, 2.24) is 15.0 Å². The molecule has 5 nitrogen and oxygen atoms in total. The van der Waals surface area contributed by atoms with Crippen molar-refractivity contribution in [1.29, 1.82) is 5.26 Å². The van der Waals surface area contributed by atoms with Gasteiger partial charge in [-0.3, -0.25) is 0 Å². The van der Waals surface area contributed by atoms with Crippen molar-refractivity contribution >= 4 is 5.82 Å². The molecule has 0 aliphatic carbocycles. The Kier molecular flexibility index (Phi) is 3.95. The van der Waals surface area contributed by atoms with Gasteiger partial charge in [-0.2, -0.15) is 5.26 Å². The zero-order valence-corrected chi connectivity index (χ0v) is 14.2. The average molecular weight is 329 g/mol. The van der Waals surface area contributed by atoms with E-state index in [2.05, 4.69) is 64.5 Å². The lowest BCUT2D eigenvalue weighted by molar-refractivity contribution is 0.699. The maximum atomic E-state index is 9.49. The third kappa shape index (κ3) is 2.87. The molecule has 0 bridgehead atoms. The van der Waals surface area contributed by atoms with Crippen LogP contribution < -0.4 is 4.90 Å². The zero-order chi connectivity index (χ0) is 17.2. The molecule has 124 valence electrons. The highest BCUT2D eigenvalue weighted by atomic mass is 15.5. The van der Waals surface area contributed by atoms with Crippen molar-refractivity contribution in [2.75, 3.05) is 11.4 Å². The number of anilines is 1. The number of aromatic nitrogens is 3. The first-order valence-electron chi connectivity index (χ1n) is 8.57. The van der Waals surface area contributed by atoms with Gasteiger partial charge in [0.15, 0.2) is 5.82 Å². The smallest absolute Gasteiger partial charge is 0.207 e. The van der Waals surface area contributed by atoms with Crippen LogP contribution in [0.2, 0.25) is 0 Å². The van der Waals surface area contributed by atoms with E-state index in [0.717, 1.165) is 31.6 Å². The van der Waals surface area contributed by atoms with Crippen LogP contribution in [-0.2, 0) is 19.4 Å². The molecule has 0 N–H and O–H groups in total. The van der Waals surface area contributed by atoms with Gasteiger partial charge in [0.2, 0.25) is 5.69 Å². The Morgan fingerprint density at radius 3 is 2.52 bits per heavy atom. The summed E-state index contributed by atoms with van der Waals surface area (Å²) in [5, 5.41) is 18.5. The largest absolute Gasteiger partial charge is 0.348 e. The third-order valence-electron chi connectivity index (χ3n) is 4.71. The van der Waals surface area contributed by atoms with Crippen molar-refractivity contribution in [3.63, 3.8) is 0 Å². The number of aryl methyl sites for hydroxylation is 1. The Morgan fingerprint density at radius 1 is 1.04 bits per heavy atom. The van der Waals surface area contributed by atoms with Gasteiger partial charge in [0.1, 0.15) is 6.07 Å². The fourth-order valence-electron chi connectivity index (χ4n) is 3.24. The molecule has 0 saturated heterocycles. The highest BCUT2D eigenvalue weighted by Gasteiger charge is 2.22. The molecule has 0 fully saturated rings. The Balaban J connectivity index is 1.66. The van der Waals surface area contributed by atoms with Crippen LogP contribution in [0, 0.1) is 11.3 Å². The summed E-state index contributed by atoms with van der Waals surface area (Å²) in [6, 6.07) is 18.8. The first kappa shape index (κ1) is 15.4. The molecule has 0 saturated carbocycles. The molecule has 0 unspecified atom stereocenters. The standard InChI is InChI=1S/C20H19N5/c1-2-15-7-9-18(10-8-15)25-22-19(13-21)20(23-25)24-12-11-16-5-3-4-6-17(16)14-24/h3-10H,2,11-12,14H2,1H3. The number of hydrogen-bond donors (Lipinski definition) is 0. The van der Waals surface area contributed by atoms with E-state index >= 15 is 0 Å². The minimum absolute atomic E-state index is 0.374. The summed E-state index contributed by atoms with van der Waals surface area (Å²) in [6.45, 7) is 3.73. The fourth-order valence-corrected chi connectivity index (χ4v) is 3.24. The molecule has 0 amide bonds. The molecule has 0 atom stereocenters. The van der Waals surface area contributed by atoms with Crippen molar-refractivity contribution in [2.45, 2.75) is 26.3 Å². The summed E-state index contributed by atoms with van der Waals surface area (Å²) in [6.07, 6.45) is 1.95. The molecule has 0 radical (unpaired) electrons. The van der Waals surface area contributed by atoms with E-state index < -0.39 is 0 Å². The number of fused-ring (bicyclic) bond motifs is 1. The molecule has 2 heterocycles. The quantitative estimate of drug-likeness (QED) is 0.740. The lowest BCUT2D eigenvalue weighted by Crippen LogP contribution is -2.31. The predicted octanol–water partition coefficient (Wildman–Crippen LogP) is 3.26. The number of hydrogen-bond acceptors (Lipinski definition) is 4. The van der Waals surface area contributed by atoms with Gasteiger partial charge in [-0.25, -0.2) is 0 Å². The van der Waals surface area contributed by atoms with E-state index in [-0.39, 0.29) is 0 Å². The molecule has 4 rings (SSSR count). The Labute approximate surface area is 147 Å². The van der Waals surface area contributed by atoms with Gasteiger partial charge in [0.05, 0.1) is 5.69 Å². The van der Waals surface area contributed by atoms with Gasteiger partial charge >= 0.3 is 0 Å². The van der Waals surface area contributed by atoms with Gasteiger partial charge in [0.25, 0.3) is 0 Å². The monoisotopic (exact) mass is 329 g/mol. The predicted molar refractivity (Wildman–Crippen MR) is 96.6 cm³/mol. The van der Waals surface area contributed by atoms with Gasteiger partial charge in [0, 0.05) is 13.1 Å². The van der Waals surface area contributed by atoms with Crippen LogP contribution in [0.3, 0.4) is 0 Å². The number of rotatable bonds is 3. The van der Waals surface area contributed by atoms with Gasteiger partial charge in [-0.15, -0.1) is 15.0 Å². The second-order valence-corrected chi connectivity index (χ2v) is 6.23. The summed E-state index contributed by atoms with van der Waals surface area (Å²) in [7, 11) is 0. The van der Waals surface area contributed by atoms with Crippen LogP contribution in [0.5, 0.6) is 0 Å². The summed E-state index contributed by atoms with van der Waals surface area (Å²) < 4.78 is 0. The lowest BCUT2D eigenvalue weighted by atomic mass is 10.00. The summed E-state index contributed by atoms with van der Waals surface area (Å²) in [5.41, 5.74) is 5.18. The van der Waals surface area contributed by atoms with Crippen molar-refractivity contribution < 1.29 is 0 Å². The molecule has 5 heteroatoms. The summed E-state index contributed by atoms with van der Waals surface area (Å²) in [4.78, 5) is 3.71. The van der Waals surface area contributed by atoms with E-state index in [0.29, 0.717) is 11.5 Å². The number of benzene rings is 2. The van der Waals surface area contributed by atoms with Gasteiger partial charge < -0.3 is 4.90 Å². The van der Waals surface area contributed by atoms with Crippen LogP contribution in [0.1, 0.15) is 29.3 Å². The summed E-state index contributed by atoms with van der Waals surface area (Å²) >= 11 is 0. The molecule has 0 spiro atoms. The molecular weight excluding hydrogens is 310 g/mol. The number of nitriles is 1. The average Bonchev–Trinajstić information content (AvgIpc) is 3.12. The van der Waals surface area contributed by atoms with E-state index in [9.17, 15) is 5.26 Å². The van der Waals surface area contributed by atoms with Crippen molar-refractivity contribution in [2.24, 2.45) is 0 Å². The lowest BCUT2D eigenvalue weighted by Gasteiger charge is -2.28. The molecule has 1 aliphatic rings. The summed E-state index contributed by atoms with van der Waals surface area (Å²) in [5.74, 6) is 0.663. The second kappa shape index (κ2) is 6.40. The topological polar surface area (TPSA) is 57.7 Å². The maximum absolute atomic E-state index is 9.49. The van der Waals surface area contributed by atoms with E-state index in [1.165, 1.54) is 16.7 Å². The fraction of sp³-hybridized carbons (Fsp3) is 0.250. The SMILES string of the molecule is CCc1ccc(-n2nc(C#N)c(N3CCc4ccccc4C3)n2)cc1. The van der Waals surface area contributed by atoms with E-state index in [1.807, 2.05) is 12.1 Å². The first-order valence-corrected chi connectivity index (χ1v) is 8.57. The van der Waals surface area contributed by atoms with Gasteiger partial charge in [-0.05, 0) is 41.7 Å². The van der Waals surface area contributed by atoms with Gasteiger partial charge in [-0.1, -0.05) is 43.3 Å². The molecule has 25 heavy (non-hydrogen) atoms. The third-order valence-corrected chi connectivity index (χ3v) is 4.71.